The highest BCUT2D eigenvalue weighted by Crippen LogP contribution is 2.75. The van der Waals surface area contributed by atoms with Gasteiger partial charge in [0, 0.05) is 136 Å². The van der Waals surface area contributed by atoms with Gasteiger partial charge in [-0.1, -0.05) is 32.4 Å². The predicted molar refractivity (Wildman–Crippen MR) is 361 cm³/mol. The number of H-pyrrole nitrogens is 2. The number of ketones is 2. The molecule has 508 valence electrons. The van der Waals surface area contributed by atoms with Crippen LogP contribution in [-0.2, 0) is 44.7 Å². The zero-order chi connectivity index (χ0) is 68.3. The van der Waals surface area contributed by atoms with Gasteiger partial charge in [-0.05, 0) is 130 Å². The van der Waals surface area contributed by atoms with Gasteiger partial charge in [-0.2, -0.15) is 0 Å². The number of aromatic nitrogens is 2. The molecule has 2 aliphatic heterocycles. The number of ether oxygens (including phenoxy) is 2. The summed E-state index contributed by atoms with van der Waals surface area (Å²) in [5.41, 5.74) is 15.9. The van der Waals surface area contributed by atoms with E-state index in [1.165, 1.54) is 17.9 Å². The molecule has 3 fully saturated rings. The summed E-state index contributed by atoms with van der Waals surface area (Å²) in [4.78, 5) is 140. The van der Waals surface area contributed by atoms with Crippen LogP contribution in [0.3, 0.4) is 0 Å². The first-order valence-electron chi connectivity index (χ1n) is 31.6. The Kier molecular flexibility index (Phi) is 22.2. The highest BCUT2D eigenvalue weighted by Gasteiger charge is 2.76. The second-order valence-electron chi connectivity index (χ2n) is 26.1. The number of phosphoric acid groups is 1. The molecule has 10 rings (SSSR count). The summed E-state index contributed by atoms with van der Waals surface area (Å²) in [6.07, 6.45) is 6.02. The van der Waals surface area contributed by atoms with Crippen molar-refractivity contribution < 1.29 is 66.7 Å². The highest BCUT2D eigenvalue weighted by molar-refractivity contribution is 7.80. The SMILES string of the molecule is CC(=O)C[C@@H](CCCCN)C(=O)N[C@H](C(=O)C[C@@H](CCCNC(N)=O)C(=O)Nc1ccc(COC(=O)N(C)CCN(C)C(=S)Oc2cc3c(c4c(C)c[nH]c24)[C@H](CCl)CN3C(=O)C23CC(C(=O)N4C[C@@H](CCl)c5c4cc(OP(=O)(O)O)c4[nH]cc(C)c54)(C2)C3)cc1)C(C)C. The van der Waals surface area contributed by atoms with Crippen LogP contribution in [0.15, 0.2) is 48.8 Å². The number of rotatable bonds is 30. The van der Waals surface area contributed by atoms with Crippen LogP contribution >= 0.6 is 43.2 Å². The number of fused-ring (bicyclic) bond motifs is 6. The van der Waals surface area contributed by atoms with E-state index in [0.29, 0.717) is 103 Å². The summed E-state index contributed by atoms with van der Waals surface area (Å²) in [5, 5.41) is 9.87. The van der Waals surface area contributed by atoms with E-state index in [0.717, 1.165) is 27.6 Å². The smallest absolute Gasteiger partial charge is 0.445 e. The number of carbonyl (C=O) groups excluding carboxylic acids is 8. The summed E-state index contributed by atoms with van der Waals surface area (Å²) in [6, 6.07) is 8.28. The van der Waals surface area contributed by atoms with Crippen LogP contribution in [0.4, 0.5) is 26.7 Å². The molecule has 0 unspecified atom stereocenters. The fourth-order valence-corrected chi connectivity index (χ4v) is 15.0. The average Bonchev–Trinajstić information content (AvgIpc) is 0.898. The number of likely N-dealkylation sites (N-methyl/N-ethyl adjacent to an activating group) is 2. The monoisotopic (exact) mass is 1380 g/mol. The van der Waals surface area contributed by atoms with Gasteiger partial charge in [-0.25, -0.2) is 14.2 Å². The Morgan fingerprint density at radius 2 is 1.32 bits per heavy atom. The molecule has 4 heterocycles. The lowest BCUT2D eigenvalue weighted by Gasteiger charge is -2.69. The van der Waals surface area contributed by atoms with E-state index < -0.39 is 60.5 Å². The van der Waals surface area contributed by atoms with E-state index in [-0.39, 0.29) is 116 Å². The number of aromatic amines is 2. The Hall–Kier alpha value is -7.32. The van der Waals surface area contributed by atoms with Gasteiger partial charge < -0.3 is 75.8 Å². The summed E-state index contributed by atoms with van der Waals surface area (Å²) in [7, 11) is -1.67. The van der Waals surface area contributed by atoms with Crippen molar-refractivity contribution in [2.75, 3.05) is 80.2 Å². The number of halogens is 2. The number of thiocarbonyl (C=S) groups is 1. The third-order valence-electron chi connectivity index (χ3n) is 18.7. The topological polar surface area (TPSA) is 354 Å². The number of anilines is 3. The van der Waals surface area contributed by atoms with Crippen molar-refractivity contribution >= 4 is 135 Å². The third kappa shape index (κ3) is 15.2. The fourth-order valence-electron chi connectivity index (χ4n) is 13.9. The lowest BCUT2D eigenvalue weighted by Crippen LogP contribution is -2.73. The number of urea groups is 1. The molecule has 0 saturated heterocycles. The zero-order valence-electron chi connectivity index (χ0n) is 53.9. The van der Waals surface area contributed by atoms with Gasteiger partial charge >= 0.3 is 19.9 Å². The third-order valence-corrected chi connectivity index (χ3v) is 20.3. The van der Waals surface area contributed by atoms with Crippen LogP contribution < -0.4 is 46.5 Å². The van der Waals surface area contributed by atoms with Gasteiger partial charge in [0.1, 0.15) is 12.4 Å². The number of primary amides is 1. The van der Waals surface area contributed by atoms with Crippen molar-refractivity contribution in [2.45, 2.75) is 123 Å². The lowest BCUT2D eigenvalue weighted by atomic mass is 9.34. The van der Waals surface area contributed by atoms with Crippen molar-refractivity contribution in [3.63, 3.8) is 0 Å². The minimum Gasteiger partial charge on any atom is -0.445 e. The van der Waals surface area contributed by atoms with Crippen LogP contribution in [-0.4, -0.2) is 153 Å². The molecular weight excluding hydrogens is 1290 g/mol. The largest absolute Gasteiger partial charge is 0.524 e. The van der Waals surface area contributed by atoms with E-state index in [9.17, 15) is 52.7 Å². The van der Waals surface area contributed by atoms with E-state index in [1.807, 2.05) is 20.0 Å². The van der Waals surface area contributed by atoms with E-state index in [2.05, 4.69) is 25.9 Å². The number of unbranched alkanes of at least 4 members (excludes halogenated alkanes) is 1. The van der Waals surface area contributed by atoms with Gasteiger partial charge in [0.25, 0.3) is 5.17 Å². The first-order valence-corrected chi connectivity index (χ1v) is 34.6. The van der Waals surface area contributed by atoms with Crippen LogP contribution in [0, 0.1) is 42.4 Å². The van der Waals surface area contributed by atoms with Gasteiger partial charge in [0.05, 0.1) is 39.3 Å². The number of carbonyl (C=O) groups is 8. The van der Waals surface area contributed by atoms with Crippen molar-refractivity contribution in [1.82, 2.24) is 30.4 Å². The molecule has 3 aliphatic carbocycles. The molecule has 3 saturated carbocycles. The van der Waals surface area contributed by atoms with Crippen molar-refractivity contribution in [3.8, 4) is 11.5 Å². The molecule has 11 N–H and O–H groups in total. The summed E-state index contributed by atoms with van der Waals surface area (Å²) >= 11 is 19.1. The zero-order valence-corrected chi connectivity index (χ0v) is 57.1. The summed E-state index contributed by atoms with van der Waals surface area (Å²) in [6.45, 7) is 10.3. The number of amides is 7. The maximum Gasteiger partial charge on any atom is 0.524 e. The Balaban J connectivity index is 0.788. The normalized spacial score (nSPS) is 19.5. The van der Waals surface area contributed by atoms with Crippen molar-refractivity contribution in [2.24, 2.45) is 40.1 Å². The Morgan fingerprint density at radius 1 is 0.787 bits per heavy atom. The van der Waals surface area contributed by atoms with Crippen LogP contribution in [0.1, 0.15) is 125 Å². The fraction of sp³-hybridized carbons (Fsp3) is 0.523. The maximum absolute atomic E-state index is 15.0. The Labute approximate surface area is 560 Å². The summed E-state index contributed by atoms with van der Waals surface area (Å²) in [5.74, 6) is -3.25. The number of alkyl halides is 2. The van der Waals surface area contributed by atoms with Crippen molar-refractivity contribution in [3.05, 3.63) is 76.6 Å². The highest BCUT2D eigenvalue weighted by atomic mass is 35.5. The first-order chi connectivity index (χ1) is 44.5. The number of Topliss-reactive ketones (excluding diaryl/α,β-unsaturated/α-hetero) is 2. The molecular formula is C65H84Cl2N11O14PS. The number of benzene rings is 3. The molecule has 25 nitrogen and oxygen atoms in total. The molecule has 29 heteroatoms. The second kappa shape index (κ2) is 29.4. The Morgan fingerprint density at radius 3 is 1.84 bits per heavy atom. The quantitative estimate of drug-likeness (QED) is 0.00898. The molecule has 5 aliphatic rings. The van der Waals surface area contributed by atoms with Crippen molar-refractivity contribution in [1.29, 1.82) is 0 Å². The molecule has 5 atom stereocenters. The van der Waals surface area contributed by atoms with Gasteiger partial charge in [-0.15, -0.1) is 23.2 Å². The number of nitrogens with one attached hydrogen (secondary N) is 5. The molecule has 5 aromatic rings. The summed E-state index contributed by atoms with van der Waals surface area (Å²) < 4.78 is 29.3. The lowest BCUT2D eigenvalue weighted by molar-refractivity contribution is -0.205. The number of hydrogen-bond acceptors (Lipinski definition) is 14. The van der Waals surface area contributed by atoms with Crippen LogP contribution in [0.5, 0.6) is 11.5 Å². The minimum absolute atomic E-state index is 0.0294. The number of hydrogen-bond donors (Lipinski definition) is 9. The predicted octanol–water partition coefficient (Wildman–Crippen LogP) is 8.64. The molecule has 7 amide bonds. The molecule has 0 spiro atoms. The first kappa shape index (κ1) is 71.0. The molecule has 94 heavy (non-hydrogen) atoms. The van der Waals surface area contributed by atoms with Gasteiger partial charge in [0.2, 0.25) is 23.6 Å². The second-order valence-corrected chi connectivity index (χ2v) is 28.3. The molecule has 2 bridgehead atoms. The van der Waals surface area contributed by atoms with E-state index in [4.69, 9.17) is 60.9 Å². The number of phosphoric ester groups is 1. The molecule has 3 aromatic carbocycles. The number of aryl methyl sites for hydroxylation is 2. The molecule has 0 radical (unpaired) electrons. The van der Waals surface area contributed by atoms with Crippen LogP contribution in [0.2, 0.25) is 0 Å². The maximum atomic E-state index is 15.0. The standard InChI is InChI=1S/C65H84Cl2N11O14PS/c1-35(2)54(74-58(82)40(21-38(5)79)11-8-9-17-68)47(80)22-41(12-10-18-70-61(69)85)57(81)73-44-15-13-39(14-16-44)31-90-62(86)75(6)19-20-76(7)63(94)91-48-23-45-52(50-36(3)27-71-55(48)50)42(25-66)29-77(45)59(83)64-32-65(33-64,34-64)60(84)78-30-43(26-67)53-46(78)24-49(92-93(87,88)89)56-51(53)37(4)28-72-56/h13-16,23-24,27-28,35,40-43,54,71-72H,8-12,17-22,25-26,29-34,68H2,1-7H3,(H,73,81)(H,74,82)(H3,69,70,85)(H2,87,88,89)/t40-,41-,42-,43-,54+,64?,65?/m1/s1. The number of nitrogens with zero attached hydrogens (tertiary/aromatic N) is 4. The Bertz CT molecular complexity index is 3800. The van der Waals surface area contributed by atoms with E-state index >= 15 is 0 Å². The minimum atomic E-state index is -4.98. The molecule has 2 aromatic heterocycles. The van der Waals surface area contributed by atoms with Gasteiger partial charge in [0.15, 0.2) is 17.3 Å². The number of nitrogens with two attached hydrogens (primary N) is 2. The van der Waals surface area contributed by atoms with E-state index in [1.54, 1.807) is 79.2 Å². The van der Waals surface area contributed by atoms with Gasteiger partial charge in [-0.3, -0.25) is 33.8 Å². The average molecular weight is 1380 g/mol. The van der Waals surface area contributed by atoms with Crippen LogP contribution in [0.25, 0.3) is 21.8 Å².